The van der Waals surface area contributed by atoms with Gasteiger partial charge in [-0.05, 0) is 74.7 Å². The molecule has 3 heterocycles. The monoisotopic (exact) mass is 622 g/mol. The van der Waals surface area contributed by atoms with Gasteiger partial charge in [-0.25, -0.2) is 4.79 Å². The fraction of sp³-hybridized carbons (Fsp3) is 0.333. The average Bonchev–Trinajstić information content (AvgIpc) is 3.53. The van der Waals surface area contributed by atoms with Gasteiger partial charge in [-0.1, -0.05) is 24.3 Å². The number of likely N-dealkylation sites (N-methyl/N-ethyl adjacent to an activating group) is 1. The summed E-state index contributed by atoms with van der Waals surface area (Å²) in [4.78, 5) is 32.7. The number of piperazine rings is 1. The topological polar surface area (TPSA) is 91.3 Å². The van der Waals surface area contributed by atoms with Crippen LogP contribution in [0.1, 0.15) is 21.5 Å². The van der Waals surface area contributed by atoms with E-state index in [0.717, 1.165) is 79.3 Å². The van der Waals surface area contributed by atoms with E-state index in [1.54, 1.807) is 32.4 Å². The van der Waals surface area contributed by atoms with Crippen molar-refractivity contribution in [3.63, 3.8) is 0 Å². The molecule has 4 aromatic rings. The lowest BCUT2D eigenvalue weighted by Crippen LogP contribution is -2.45. The summed E-state index contributed by atoms with van der Waals surface area (Å²) in [6, 6.07) is 19.5. The SMILES string of the molecule is CNC(=O)Nc1ccc2c(c1)C(=O)C(=Cc1c(-c3ccc(CN(C)C)cc3)n(CCN3CCN(C)CC3)c3ccc(OC)cc13)O2. The van der Waals surface area contributed by atoms with Crippen LogP contribution in [0.5, 0.6) is 11.5 Å². The third-order valence-electron chi connectivity index (χ3n) is 8.70. The Morgan fingerprint density at radius 3 is 2.46 bits per heavy atom. The van der Waals surface area contributed by atoms with Gasteiger partial charge < -0.3 is 34.5 Å². The Bertz CT molecular complexity index is 1780. The van der Waals surface area contributed by atoms with Gasteiger partial charge >= 0.3 is 6.03 Å². The molecule has 2 aliphatic heterocycles. The Morgan fingerprint density at radius 2 is 1.76 bits per heavy atom. The van der Waals surface area contributed by atoms with E-state index in [-0.39, 0.29) is 17.6 Å². The van der Waals surface area contributed by atoms with Crippen molar-refractivity contribution < 1.29 is 19.1 Å². The number of urea groups is 1. The van der Waals surface area contributed by atoms with Crippen molar-refractivity contribution >= 4 is 34.5 Å². The first-order valence-electron chi connectivity index (χ1n) is 15.7. The maximum atomic E-state index is 13.8. The van der Waals surface area contributed by atoms with Crippen molar-refractivity contribution in [2.75, 3.05) is 73.3 Å². The van der Waals surface area contributed by atoms with E-state index in [9.17, 15) is 9.59 Å². The molecule has 240 valence electrons. The van der Waals surface area contributed by atoms with Crippen LogP contribution >= 0.6 is 0 Å². The molecular weight excluding hydrogens is 580 g/mol. The zero-order chi connectivity index (χ0) is 32.4. The lowest BCUT2D eigenvalue weighted by Gasteiger charge is -2.32. The molecule has 6 rings (SSSR count). The molecular formula is C36H42N6O4. The number of hydrogen-bond donors (Lipinski definition) is 2. The van der Waals surface area contributed by atoms with Crippen LogP contribution in [-0.4, -0.2) is 99.1 Å². The highest BCUT2D eigenvalue weighted by molar-refractivity contribution is 6.16. The van der Waals surface area contributed by atoms with E-state index in [2.05, 4.69) is 81.4 Å². The number of Topliss-reactive ketones (excluding diaryl/α,β-unsaturated/α-hetero) is 1. The van der Waals surface area contributed by atoms with E-state index >= 15 is 0 Å². The fourth-order valence-corrected chi connectivity index (χ4v) is 6.21. The van der Waals surface area contributed by atoms with Crippen molar-refractivity contribution in [2.24, 2.45) is 0 Å². The average molecular weight is 623 g/mol. The lowest BCUT2D eigenvalue weighted by molar-refractivity contribution is 0.101. The molecule has 3 aromatic carbocycles. The molecule has 1 saturated heterocycles. The molecule has 0 unspecified atom stereocenters. The number of fused-ring (bicyclic) bond motifs is 2. The number of ketones is 1. The van der Waals surface area contributed by atoms with Gasteiger partial charge in [0.1, 0.15) is 11.5 Å². The summed E-state index contributed by atoms with van der Waals surface area (Å²) in [5, 5.41) is 6.24. The van der Waals surface area contributed by atoms with Crippen molar-refractivity contribution in [1.82, 2.24) is 24.6 Å². The minimum absolute atomic E-state index is 0.232. The first kappa shape index (κ1) is 31.3. The van der Waals surface area contributed by atoms with Crippen LogP contribution < -0.4 is 20.1 Å². The molecule has 2 N–H and O–H groups in total. The Kier molecular flexibility index (Phi) is 9.12. The van der Waals surface area contributed by atoms with Crippen LogP contribution in [-0.2, 0) is 13.1 Å². The van der Waals surface area contributed by atoms with Crippen molar-refractivity contribution in [1.29, 1.82) is 0 Å². The first-order chi connectivity index (χ1) is 22.2. The molecule has 0 bridgehead atoms. The Labute approximate surface area is 270 Å². The molecule has 0 spiro atoms. The number of aromatic nitrogens is 1. The molecule has 0 atom stereocenters. The molecule has 1 fully saturated rings. The zero-order valence-corrected chi connectivity index (χ0v) is 27.2. The van der Waals surface area contributed by atoms with Crippen LogP contribution in [0.15, 0.2) is 66.4 Å². The summed E-state index contributed by atoms with van der Waals surface area (Å²) in [7, 11) is 9.51. The van der Waals surface area contributed by atoms with Gasteiger partial charge in [0.15, 0.2) is 5.76 Å². The van der Waals surface area contributed by atoms with Crippen molar-refractivity contribution in [2.45, 2.75) is 13.1 Å². The summed E-state index contributed by atoms with van der Waals surface area (Å²) in [5.41, 5.74) is 6.19. The first-order valence-corrected chi connectivity index (χ1v) is 15.7. The number of nitrogens with one attached hydrogen (secondary N) is 2. The number of nitrogens with zero attached hydrogens (tertiary/aromatic N) is 4. The molecule has 2 aliphatic rings. The maximum Gasteiger partial charge on any atom is 0.318 e. The minimum Gasteiger partial charge on any atom is -0.497 e. The normalized spacial score (nSPS) is 16.2. The highest BCUT2D eigenvalue weighted by atomic mass is 16.5. The molecule has 1 aromatic heterocycles. The standard InChI is InChI=1S/C36H42N6O4/c1-37-36(44)38-26-10-13-32-30(20-26)35(43)33(46-32)22-29-28-21-27(45-5)11-12-31(28)42(19-18-41-16-14-40(4)15-17-41)34(29)25-8-6-24(7-9-25)23-39(2)3/h6-13,20-22H,14-19,23H2,1-5H3,(H2,37,38,44). The van der Waals surface area contributed by atoms with Crippen molar-refractivity contribution in [3.8, 4) is 22.8 Å². The summed E-state index contributed by atoms with van der Waals surface area (Å²) in [6.07, 6.45) is 1.87. The maximum absolute atomic E-state index is 13.8. The number of anilines is 1. The van der Waals surface area contributed by atoms with Gasteiger partial charge in [0.2, 0.25) is 5.78 Å². The smallest absolute Gasteiger partial charge is 0.318 e. The summed E-state index contributed by atoms with van der Waals surface area (Å²) >= 11 is 0. The minimum atomic E-state index is -0.360. The molecule has 10 nitrogen and oxygen atoms in total. The predicted molar refractivity (Wildman–Crippen MR) is 183 cm³/mol. The van der Waals surface area contributed by atoms with Gasteiger partial charge in [0, 0.05) is 75.0 Å². The fourth-order valence-electron chi connectivity index (χ4n) is 6.21. The van der Waals surface area contributed by atoms with Gasteiger partial charge in [-0.3, -0.25) is 9.69 Å². The second-order valence-corrected chi connectivity index (χ2v) is 12.2. The second kappa shape index (κ2) is 13.4. The molecule has 0 radical (unpaired) electrons. The summed E-state index contributed by atoms with van der Waals surface area (Å²) in [5.74, 6) is 1.20. The number of rotatable bonds is 9. The number of benzene rings is 3. The Balaban J connectivity index is 1.46. The summed E-state index contributed by atoms with van der Waals surface area (Å²) < 4.78 is 14.2. The van der Waals surface area contributed by atoms with E-state index < -0.39 is 0 Å². The highest BCUT2D eigenvalue weighted by Crippen LogP contribution is 2.40. The van der Waals surface area contributed by atoms with Crippen LogP contribution in [0.4, 0.5) is 10.5 Å². The van der Waals surface area contributed by atoms with Crippen LogP contribution in [0.3, 0.4) is 0 Å². The van der Waals surface area contributed by atoms with Gasteiger partial charge in [-0.2, -0.15) is 0 Å². The van der Waals surface area contributed by atoms with Gasteiger partial charge in [0.05, 0.1) is 18.4 Å². The Hall–Kier alpha value is -4.64. The zero-order valence-electron chi connectivity index (χ0n) is 27.2. The van der Waals surface area contributed by atoms with Crippen LogP contribution in [0.2, 0.25) is 0 Å². The number of hydrogen-bond acceptors (Lipinski definition) is 7. The van der Waals surface area contributed by atoms with E-state index in [0.29, 0.717) is 17.0 Å². The molecule has 0 saturated carbocycles. The van der Waals surface area contributed by atoms with E-state index in [1.165, 1.54) is 5.56 Å². The number of carbonyl (C=O) groups excluding carboxylic acids is 2. The molecule has 10 heteroatoms. The number of amides is 2. The number of carbonyl (C=O) groups is 2. The largest absolute Gasteiger partial charge is 0.497 e. The molecule has 0 aliphatic carbocycles. The number of methoxy groups -OCH3 is 1. The van der Waals surface area contributed by atoms with E-state index in [1.807, 2.05) is 18.2 Å². The Morgan fingerprint density at radius 1 is 1.00 bits per heavy atom. The number of allylic oxidation sites excluding steroid dienone is 1. The summed E-state index contributed by atoms with van der Waals surface area (Å²) in [6.45, 7) is 6.72. The molecule has 46 heavy (non-hydrogen) atoms. The number of ether oxygens (including phenoxy) is 2. The second-order valence-electron chi connectivity index (χ2n) is 12.2. The van der Waals surface area contributed by atoms with Crippen LogP contribution in [0.25, 0.3) is 28.2 Å². The van der Waals surface area contributed by atoms with Crippen LogP contribution in [0, 0.1) is 0 Å². The third kappa shape index (κ3) is 6.50. The van der Waals surface area contributed by atoms with Gasteiger partial charge in [-0.15, -0.1) is 0 Å². The van der Waals surface area contributed by atoms with Gasteiger partial charge in [0.25, 0.3) is 0 Å². The van der Waals surface area contributed by atoms with Crippen molar-refractivity contribution in [3.05, 3.63) is 83.1 Å². The quantitative estimate of drug-likeness (QED) is 0.254. The lowest BCUT2D eigenvalue weighted by atomic mass is 10.0. The predicted octanol–water partition coefficient (Wildman–Crippen LogP) is 4.99. The molecule has 2 amide bonds. The highest BCUT2D eigenvalue weighted by Gasteiger charge is 2.30. The third-order valence-corrected chi connectivity index (χ3v) is 8.70. The van der Waals surface area contributed by atoms with E-state index in [4.69, 9.17) is 9.47 Å².